The van der Waals surface area contributed by atoms with Gasteiger partial charge in [0.05, 0.1) is 19.3 Å². The van der Waals surface area contributed by atoms with Crippen LogP contribution in [0.25, 0.3) is 0 Å². The van der Waals surface area contributed by atoms with Crippen molar-refractivity contribution in [2.45, 2.75) is 38.1 Å². The van der Waals surface area contributed by atoms with Crippen LogP contribution in [0.4, 0.5) is 0 Å². The summed E-state index contributed by atoms with van der Waals surface area (Å²) in [5, 5.41) is 0. The van der Waals surface area contributed by atoms with Gasteiger partial charge in [0, 0.05) is 13.3 Å². The molecule has 0 saturated heterocycles. The minimum Gasteiger partial charge on any atom is -0.382 e. The molecular formula is C16H24N2O3. The number of carbonyl (C=O) groups excluding carboxylic acids is 1. The Kier molecular flexibility index (Phi) is 6.63. The minimum absolute atomic E-state index is 0.0469. The number of nitrogens with zero attached hydrogens (tertiary/aromatic N) is 2. The third-order valence-corrected chi connectivity index (χ3v) is 3.65. The first kappa shape index (κ1) is 15.9. The van der Waals surface area contributed by atoms with Gasteiger partial charge in [-0.3, -0.25) is 14.4 Å². The molecule has 0 spiro atoms. The molecule has 0 bridgehead atoms. The van der Waals surface area contributed by atoms with Crippen molar-refractivity contribution in [1.82, 2.24) is 4.57 Å². The molecule has 5 heteroatoms. The lowest BCUT2D eigenvalue weighted by molar-refractivity contribution is 0.0511. The van der Waals surface area contributed by atoms with Crippen molar-refractivity contribution in [3.8, 4) is 0 Å². The van der Waals surface area contributed by atoms with Crippen LogP contribution in [0.3, 0.4) is 0 Å². The van der Waals surface area contributed by atoms with Crippen LogP contribution in [0.15, 0.2) is 29.4 Å². The summed E-state index contributed by atoms with van der Waals surface area (Å²) in [4.78, 5) is 17.0. The standard InChI is InChI=1S/C16H24N2O3/c1-20-11-12-21-13-16(19)18-10-6-5-9-15(18)17-14-7-3-2-4-8-14/h5-6,9-10,14H,2-4,7-8,11-13H2,1H3. The highest BCUT2D eigenvalue weighted by Gasteiger charge is 2.12. The smallest absolute Gasteiger partial charge is 0.258 e. The van der Waals surface area contributed by atoms with Gasteiger partial charge in [0.15, 0.2) is 0 Å². The van der Waals surface area contributed by atoms with Crippen LogP contribution in [0.5, 0.6) is 0 Å². The molecular weight excluding hydrogens is 268 g/mol. The Labute approximate surface area is 125 Å². The summed E-state index contributed by atoms with van der Waals surface area (Å²) >= 11 is 0. The topological polar surface area (TPSA) is 52.8 Å². The summed E-state index contributed by atoms with van der Waals surface area (Å²) in [6.07, 6.45) is 7.75. The van der Waals surface area contributed by atoms with Crippen molar-refractivity contribution in [2.75, 3.05) is 26.9 Å². The van der Waals surface area contributed by atoms with Gasteiger partial charge in [-0.25, -0.2) is 0 Å². The summed E-state index contributed by atoms with van der Waals surface area (Å²) in [5.74, 6) is -0.0961. The number of methoxy groups -OCH3 is 1. The van der Waals surface area contributed by atoms with E-state index in [-0.39, 0.29) is 12.5 Å². The molecule has 0 atom stereocenters. The first-order chi connectivity index (χ1) is 10.3. The molecule has 0 aromatic carbocycles. The van der Waals surface area contributed by atoms with Crippen LogP contribution in [-0.2, 0) is 9.47 Å². The van der Waals surface area contributed by atoms with Gasteiger partial charge in [0.1, 0.15) is 12.1 Å². The summed E-state index contributed by atoms with van der Waals surface area (Å²) in [5.41, 5.74) is 0.727. The van der Waals surface area contributed by atoms with Crippen LogP contribution in [0, 0.1) is 0 Å². The number of ether oxygens (including phenoxy) is 2. The van der Waals surface area contributed by atoms with E-state index in [1.54, 1.807) is 17.9 Å². The predicted octanol–water partition coefficient (Wildman–Crippen LogP) is 2.02. The second kappa shape index (κ2) is 8.74. The van der Waals surface area contributed by atoms with E-state index in [2.05, 4.69) is 0 Å². The number of aromatic nitrogens is 1. The van der Waals surface area contributed by atoms with Crippen molar-refractivity contribution < 1.29 is 14.3 Å². The number of carbonyl (C=O) groups is 1. The monoisotopic (exact) mass is 292 g/mol. The fraction of sp³-hybridized carbons (Fsp3) is 0.625. The first-order valence-corrected chi connectivity index (χ1v) is 7.62. The van der Waals surface area contributed by atoms with E-state index in [1.165, 1.54) is 19.3 Å². The molecule has 0 amide bonds. The van der Waals surface area contributed by atoms with E-state index in [0.29, 0.717) is 19.3 Å². The number of rotatable bonds is 6. The number of hydrogen-bond donors (Lipinski definition) is 0. The maximum absolute atomic E-state index is 12.2. The van der Waals surface area contributed by atoms with E-state index in [4.69, 9.17) is 14.5 Å². The van der Waals surface area contributed by atoms with Crippen LogP contribution >= 0.6 is 0 Å². The van der Waals surface area contributed by atoms with Gasteiger partial charge in [0.25, 0.3) is 5.91 Å². The van der Waals surface area contributed by atoms with Crippen molar-refractivity contribution in [3.63, 3.8) is 0 Å². The van der Waals surface area contributed by atoms with Crippen LogP contribution in [0.1, 0.15) is 36.9 Å². The Hall–Kier alpha value is -1.46. The zero-order valence-corrected chi connectivity index (χ0v) is 12.7. The Morgan fingerprint density at radius 2 is 2.10 bits per heavy atom. The molecule has 116 valence electrons. The van der Waals surface area contributed by atoms with Gasteiger partial charge < -0.3 is 9.47 Å². The fourth-order valence-corrected chi connectivity index (χ4v) is 2.52. The molecule has 2 rings (SSSR count). The SMILES string of the molecule is COCCOCC(=O)n1ccccc1=NC1CCCCC1. The molecule has 0 radical (unpaired) electrons. The lowest BCUT2D eigenvalue weighted by Crippen LogP contribution is -2.31. The average molecular weight is 292 g/mol. The van der Waals surface area contributed by atoms with E-state index in [1.807, 2.05) is 18.2 Å². The Morgan fingerprint density at radius 3 is 2.86 bits per heavy atom. The van der Waals surface area contributed by atoms with Crippen LogP contribution < -0.4 is 5.49 Å². The highest BCUT2D eigenvalue weighted by molar-refractivity contribution is 5.79. The van der Waals surface area contributed by atoms with Gasteiger partial charge in [-0.15, -0.1) is 0 Å². The Morgan fingerprint density at radius 1 is 1.29 bits per heavy atom. The van der Waals surface area contributed by atoms with E-state index in [9.17, 15) is 4.79 Å². The number of hydrogen-bond acceptors (Lipinski definition) is 4. The summed E-state index contributed by atoms with van der Waals surface area (Å²) in [7, 11) is 1.61. The van der Waals surface area contributed by atoms with E-state index < -0.39 is 0 Å². The van der Waals surface area contributed by atoms with E-state index in [0.717, 1.165) is 18.3 Å². The molecule has 5 nitrogen and oxygen atoms in total. The molecule has 21 heavy (non-hydrogen) atoms. The normalized spacial score (nSPS) is 17.1. The van der Waals surface area contributed by atoms with Crippen molar-refractivity contribution in [3.05, 3.63) is 29.9 Å². The van der Waals surface area contributed by atoms with Crippen LogP contribution in [0.2, 0.25) is 0 Å². The summed E-state index contributed by atoms with van der Waals surface area (Å²) < 4.78 is 11.8. The van der Waals surface area contributed by atoms with Crippen molar-refractivity contribution in [1.29, 1.82) is 0 Å². The first-order valence-electron chi connectivity index (χ1n) is 7.62. The predicted molar refractivity (Wildman–Crippen MR) is 80.2 cm³/mol. The lowest BCUT2D eigenvalue weighted by Gasteiger charge is -2.17. The summed E-state index contributed by atoms with van der Waals surface area (Å²) in [6.45, 7) is 0.960. The molecule has 0 N–H and O–H groups in total. The molecule has 1 aliphatic rings. The highest BCUT2D eigenvalue weighted by Crippen LogP contribution is 2.19. The molecule has 1 aromatic heterocycles. The highest BCUT2D eigenvalue weighted by atomic mass is 16.5. The fourth-order valence-electron chi connectivity index (χ4n) is 2.52. The molecule has 1 fully saturated rings. The molecule has 1 aromatic rings. The summed E-state index contributed by atoms with van der Waals surface area (Å²) in [6, 6.07) is 5.99. The molecule has 1 saturated carbocycles. The largest absolute Gasteiger partial charge is 0.382 e. The average Bonchev–Trinajstić information content (AvgIpc) is 2.53. The molecule has 0 aliphatic heterocycles. The van der Waals surface area contributed by atoms with Crippen molar-refractivity contribution in [2.24, 2.45) is 4.99 Å². The van der Waals surface area contributed by atoms with Gasteiger partial charge in [0.2, 0.25) is 0 Å². The van der Waals surface area contributed by atoms with Gasteiger partial charge in [-0.05, 0) is 25.0 Å². The maximum Gasteiger partial charge on any atom is 0.258 e. The zero-order valence-electron chi connectivity index (χ0n) is 12.7. The quantitative estimate of drug-likeness (QED) is 0.754. The second-order valence-electron chi connectivity index (χ2n) is 5.29. The Balaban J connectivity index is 2.05. The Bertz CT molecular complexity index is 504. The third-order valence-electron chi connectivity index (χ3n) is 3.65. The molecule has 1 heterocycles. The van der Waals surface area contributed by atoms with Crippen LogP contribution in [-0.4, -0.2) is 43.4 Å². The lowest BCUT2D eigenvalue weighted by atomic mass is 9.96. The molecule has 1 aliphatic carbocycles. The molecule has 0 unspecified atom stereocenters. The zero-order chi connectivity index (χ0) is 14.9. The van der Waals surface area contributed by atoms with Gasteiger partial charge in [-0.1, -0.05) is 25.3 Å². The van der Waals surface area contributed by atoms with Gasteiger partial charge >= 0.3 is 0 Å². The van der Waals surface area contributed by atoms with Gasteiger partial charge in [-0.2, -0.15) is 0 Å². The van der Waals surface area contributed by atoms with Crippen molar-refractivity contribution >= 4 is 5.91 Å². The third kappa shape index (κ3) is 5.10. The minimum atomic E-state index is -0.0961. The van der Waals surface area contributed by atoms with E-state index >= 15 is 0 Å². The maximum atomic E-state index is 12.2. The number of pyridine rings is 1. The second-order valence-corrected chi connectivity index (χ2v) is 5.29.